The molecule has 1 aliphatic rings. The summed E-state index contributed by atoms with van der Waals surface area (Å²) in [4.78, 5) is 11.7. The van der Waals surface area contributed by atoms with Gasteiger partial charge in [-0.2, -0.15) is 0 Å². The number of rotatable bonds is 1. The molecule has 0 amide bonds. The third-order valence-electron chi connectivity index (χ3n) is 2.19. The van der Waals surface area contributed by atoms with Gasteiger partial charge in [-0.3, -0.25) is 15.1 Å². The van der Waals surface area contributed by atoms with Crippen LogP contribution in [0.5, 0.6) is 0 Å². The molecule has 0 bridgehead atoms. The van der Waals surface area contributed by atoms with E-state index in [9.17, 15) is 10.0 Å². The molecule has 82 valence electrons. The van der Waals surface area contributed by atoms with Crippen molar-refractivity contribution >= 4 is 5.78 Å². The Hall–Kier alpha value is -1.35. The van der Waals surface area contributed by atoms with Gasteiger partial charge in [0.05, 0.1) is 5.54 Å². The van der Waals surface area contributed by atoms with E-state index in [2.05, 4.69) is 0 Å². The fraction of sp³-hybridized carbons (Fsp3) is 0.417. The second-order valence-electron chi connectivity index (χ2n) is 4.64. The molecule has 0 unspecified atom stereocenters. The van der Waals surface area contributed by atoms with Crippen molar-refractivity contribution in [2.45, 2.75) is 33.2 Å². The molecule has 0 aliphatic heterocycles. The molecule has 0 heterocycles. The summed E-state index contributed by atoms with van der Waals surface area (Å²) >= 11 is 0. The minimum Gasteiger partial charge on any atom is -0.289 e. The van der Waals surface area contributed by atoms with Gasteiger partial charge in [-0.25, -0.2) is 0 Å². The molecule has 0 aromatic heterocycles. The highest BCUT2D eigenvalue weighted by atomic mass is 16.5. The number of allylic oxidation sites excluding steroid dienone is 5. The first-order valence-electron chi connectivity index (χ1n) is 4.92. The zero-order valence-corrected chi connectivity index (χ0v) is 9.61. The lowest BCUT2D eigenvalue weighted by Gasteiger charge is -2.28. The Morgan fingerprint density at radius 2 is 2.00 bits per heavy atom. The van der Waals surface area contributed by atoms with Crippen LogP contribution in [-0.2, 0) is 4.79 Å². The van der Waals surface area contributed by atoms with Crippen molar-refractivity contribution in [2.24, 2.45) is 0 Å². The number of hydroxylamine groups is 2. The van der Waals surface area contributed by atoms with E-state index >= 15 is 0 Å². The summed E-state index contributed by atoms with van der Waals surface area (Å²) in [5, 5.41) is 10.8. The molecule has 15 heavy (non-hydrogen) atoms. The first-order valence-corrected chi connectivity index (χ1v) is 4.92. The van der Waals surface area contributed by atoms with E-state index in [1.165, 1.54) is 6.20 Å². The van der Waals surface area contributed by atoms with E-state index in [-0.39, 0.29) is 5.78 Å². The Labute approximate surface area is 90.3 Å². The fourth-order valence-corrected chi connectivity index (χ4v) is 1.10. The van der Waals surface area contributed by atoms with Crippen molar-refractivity contribution in [3.05, 3.63) is 35.6 Å². The Balaban J connectivity index is 2.91. The van der Waals surface area contributed by atoms with Gasteiger partial charge >= 0.3 is 0 Å². The van der Waals surface area contributed by atoms with Gasteiger partial charge in [-0.05, 0) is 39.3 Å². The van der Waals surface area contributed by atoms with Crippen LogP contribution >= 0.6 is 0 Å². The van der Waals surface area contributed by atoms with E-state index in [0.29, 0.717) is 11.1 Å². The summed E-state index contributed by atoms with van der Waals surface area (Å²) in [5.41, 5.74) is 0.786. The van der Waals surface area contributed by atoms with Crippen molar-refractivity contribution in [3.8, 4) is 0 Å². The summed E-state index contributed by atoms with van der Waals surface area (Å²) in [7, 11) is 0. The zero-order valence-electron chi connectivity index (χ0n) is 9.61. The number of carbonyl (C=O) groups is 1. The summed E-state index contributed by atoms with van der Waals surface area (Å²) in [6.45, 7) is 7.36. The number of hydrogen-bond donors (Lipinski definition) is 1. The Bertz CT molecular complexity index is 356. The van der Waals surface area contributed by atoms with E-state index < -0.39 is 5.54 Å². The molecule has 0 atom stereocenters. The van der Waals surface area contributed by atoms with Crippen LogP contribution in [-0.4, -0.2) is 21.6 Å². The zero-order chi connectivity index (χ0) is 11.6. The summed E-state index contributed by atoms with van der Waals surface area (Å²) in [5.74, 6) is -0.0409. The second-order valence-corrected chi connectivity index (χ2v) is 4.64. The molecule has 1 N–H and O–H groups in total. The molecule has 3 heteroatoms. The first-order chi connectivity index (χ1) is 6.82. The third-order valence-corrected chi connectivity index (χ3v) is 2.19. The van der Waals surface area contributed by atoms with Gasteiger partial charge in [0.25, 0.3) is 0 Å². The predicted molar refractivity (Wildman–Crippen MR) is 59.4 cm³/mol. The van der Waals surface area contributed by atoms with E-state index in [0.717, 1.165) is 5.06 Å². The monoisotopic (exact) mass is 207 g/mol. The number of carbonyl (C=O) groups excluding carboxylic acids is 1. The second kappa shape index (κ2) is 4.03. The minimum absolute atomic E-state index is 0.0409. The lowest BCUT2D eigenvalue weighted by Crippen LogP contribution is -2.35. The molecule has 1 rings (SSSR count). The van der Waals surface area contributed by atoms with Crippen molar-refractivity contribution in [2.75, 3.05) is 0 Å². The van der Waals surface area contributed by atoms with Gasteiger partial charge in [-0.1, -0.05) is 12.2 Å². The molecular weight excluding hydrogens is 190 g/mol. The van der Waals surface area contributed by atoms with Crippen LogP contribution in [0.4, 0.5) is 0 Å². The maximum Gasteiger partial charge on any atom is 0.190 e. The molecule has 0 saturated heterocycles. The molecule has 0 fully saturated rings. The van der Waals surface area contributed by atoms with Crippen LogP contribution in [0.25, 0.3) is 0 Å². The minimum atomic E-state index is -0.407. The number of nitrogens with zero attached hydrogens (tertiary/aromatic N) is 1. The van der Waals surface area contributed by atoms with Gasteiger partial charge in [0.15, 0.2) is 5.78 Å². The molecule has 3 nitrogen and oxygen atoms in total. The van der Waals surface area contributed by atoms with Crippen LogP contribution in [0.15, 0.2) is 35.6 Å². The average molecular weight is 207 g/mol. The van der Waals surface area contributed by atoms with E-state index in [1.807, 2.05) is 20.8 Å². The van der Waals surface area contributed by atoms with E-state index in [1.54, 1.807) is 25.2 Å². The van der Waals surface area contributed by atoms with Gasteiger partial charge in [0.1, 0.15) is 0 Å². The third kappa shape index (κ3) is 2.80. The molecule has 0 spiro atoms. The van der Waals surface area contributed by atoms with Crippen LogP contribution in [0, 0.1) is 0 Å². The number of ketones is 1. The largest absolute Gasteiger partial charge is 0.289 e. The molecule has 0 aromatic rings. The quantitative estimate of drug-likeness (QED) is 0.530. The van der Waals surface area contributed by atoms with Crippen LogP contribution < -0.4 is 0 Å². The van der Waals surface area contributed by atoms with Crippen molar-refractivity contribution < 1.29 is 10.0 Å². The van der Waals surface area contributed by atoms with Gasteiger partial charge in [0, 0.05) is 11.8 Å². The van der Waals surface area contributed by atoms with Crippen molar-refractivity contribution in [3.63, 3.8) is 0 Å². The SMILES string of the molecule is CC1=CC=C/C(=C\N(O)C(C)(C)C)C1=O. The smallest absolute Gasteiger partial charge is 0.190 e. The molecule has 1 aliphatic carbocycles. The Kier molecular flexibility index (Phi) is 3.15. The maximum absolute atomic E-state index is 11.7. The molecule has 0 saturated carbocycles. The highest BCUT2D eigenvalue weighted by molar-refractivity contribution is 6.10. The average Bonchev–Trinajstić information content (AvgIpc) is 2.11. The molecule has 0 aromatic carbocycles. The summed E-state index contributed by atoms with van der Waals surface area (Å²) in [6, 6.07) is 0. The van der Waals surface area contributed by atoms with Crippen molar-refractivity contribution in [1.82, 2.24) is 5.06 Å². The van der Waals surface area contributed by atoms with Gasteiger partial charge in [-0.15, -0.1) is 0 Å². The number of hydrogen-bond acceptors (Lipinski definition) is 3. The number of Topliss-reactive ketones (excluding diaryl/α,β-unsaturated/α-hetero) is 1. The van der Waals surface area contributed by atoms with Gasteiger partial charge < -0.3 is 0 Å². The van der Waals surface area contributed by atoms with Crippen LogP contribution in [0.2, 0.25) is 0 Å². The molecule has 0 radical (unpaired) electrons. The van der Waals surface area contributed by atoms with Crippen LogP contribution in [0.3, 0.4) is 0 Å². The normalized spacial score (nSPS) is 19.4. The van der Waals surface area contributed by atoms with Gasteiger partial charge in [0.2, 0.25) is 0 Å². The highest BCUT2D eigenvalue weighted by Gasteiger charge is 2.19. The van der Waals surface area contributed by atoms with Crippen molar-refractivity contribution in [1.29, 1.82) is 0 Å². The Morgan fingerprint density at radius 1 is 1.40 bits per heavy atom. The topological polar surface area (TPSA) is 40.5 Å². The molecular formula is C12H17NO2. The predicted octanol–water partition coefficient (Wildman–Crippen LogP) is 2.45. The summed E-state index contributed by atoms with van der Waals surface area (Å²) in [6.07, 6.45) is 6.73. The Morgan fingerprint density at radius 3 is 2.53 bits per heavy atom. The fourth-order valence-electron chi connectivity index (χ4n) is 1.10. The highest BCUT2D eigenvalue weighted by Crippen LogP contribution is 2.17. The summed E-state index contributed by atoms with van der Waals surface area (Å²) < 4.78 is 0. The lowest BCUT2D eigenvalue weighted by atomic mass is 10.00. The van der Waals surface area contributed by atoms with E-state index in [4.69, 9.17) is 0 Å². The van der Waals surface area contributed by atoms with Crippen LogP contribution in [0.1, 0.15) is 27.7 Å². The first kappa shape index (κ1) is 11.7. The lowest BCUT2D eigenvalue weighted by molar-refractivity contribution is -0.117. The maximum atomic E-state index is 11.7. The standard InChI is InChI=1S/C12H17NO2/c1-9-6-5-7-10(11(9)14)8-13(15)12(2,3)4/h5-8,15H,1-4H3/b10-8+.